The lowest BCUT2D eigenvalue weighted by atomic mass is 10.0. The van der Waals surface area contributed by atoms with Gasteiger partial charge in [-0.2, -0.15) is 8.78 Å². The van der Waals surface area contributed by atoms with Gasteiger partial charge in [-0.25, -0.2) is 9.59 Å². The van der Waals surface area contributed by atoms with Crippen LogP contribution in [-0.4, -0.2) is 25.7 Å². The quantitative estimate of drug-likeness (QED) is 0.790. The number of carbonyl (C=O) groups excluding carboxylic acids is 2. The molecule has 0 spiro atoms. The molecule has 6 heteroatoms. The van der Waals surface area contributed by atoms with E-state index in [1.165, 1.54) is 13.0 Å². The van der Waals surface area contributed by atoms with Crippen LogP contribution in [-0.2, 0) is 20.2 Å². The van der Waals surface area contributed by atoms with Crippen LogP contribution < -0.4 is 0 Å². The van der Waals surface area contributed by atoms with E-state index in [1.807, 2.05) is 0 Å². The van der Waals surface area contributed by atoms with Crippen LogP contribution in [0.15, 0.2) is 18.2 Å². The molecule has 1 aromatic rings. The van der Waals surface area contributed by atoms with Gasteiger partial charge in [-0.3, -0.25) is 0 Å². The summed E-state index contributed by atoms with van der Waals surface area (Å²) in [5.41, 5.74) is -0.129. The first-order valence-corrected chi connectivity index (χ1v) is 5.59. The number of benzene rings is 1. The first-order valence-electron chi connectivity index (χ1n) is 5.59. The Morgan fingerprint density at radius 2 is 1.95 bits per heavy atom. The van der Waals surface area contributed by atoms with E-state index >= 15 is 0 Å². The Kier molecular flexibility index (Phi) is 4.58. The Bertz CT molecular complexity index is 497. The second kappa shape index (κ2) is 5.77. The summed E-state index contributed by atoms with van der Waals surface area (Å²) in [5, 5.41) is 0. The molecule has 0 radical (unpaired) electrons. The van der Waals surface area contributed by atoms with Gasteiger partial charge in [0.1, 0.15) is 0 Å². The first-order chi connectivity index (χ1) is 8.84. The van der Waals surface area contributed by atoms with Crippen LogP contribution in [0.1, 0.15) is 28.4 Å². The number of carbonyl (C=O) groups is 2. The van der Waals surface area contributed by atoms with Crippen molar-refractivity contribution in [2.45, 2.75) is 19.8 Å². The monoisotopic (exact) mass is 272 g/mol. The summed E-state index contributed by atoms with van der Waals surface area (Å²) in [5.74, 6) is -6.18. The maximum atomic E-state index is 13.8. The molecule has 104 valence electrons. The Morgan fingerprint density at radius 1 is 1.32 bits per heavy atom. The van der Waals surface area contributed by atoms with Crippen LogP contribution in [0.2, 0.25) is 0 Å². The molecule has 0 bridgehead atoms. The molecule has 0 fully saturated rings. The standard InChI is InChI=1S/C13H14F2O4/c1-4-19-12(17)13(14,15)9-6-5-8(2)10(7-9)11(16)18-3/h5-7H,4H2,1-3H3. The fourth-order valence-corrected chi connectivity index (χ4v) is 1.49. The SMILES string of the molecule is CCOC(=O)C(F)(F)c1ccc(C)c(C(=O)OC)c1. The van der Waals surface area contributed by atoms with Gasteiger partial charge in [0.25, 0.3) is 0 Å². The maximum Gasteiger partial charge on any atom is 0.381 e. The normalized spacial score (nSPS) is 11.0. The molecule has 0 aliphatic rings. The molecule has 0 saturated heterocycles. The zero-order chi connectivity index (χ0) is 14.6. The summed E-state index contributed by atoms with van der Waals surface area (Å²) in [6, 6.07) is 3.35. The molecule has 0 aliphatic carbocycles. The number of ether oxygens (including phenoxy) is 2. The number of aryl methyl sites for hydroxylation is 1. The minimum absolute atomic E-state index is 0.0102. The van der Waals surface area contributed by atoms with Gasteiger partial charge in [0.05, 0.1) is 19.3 Å². The zero-order valence-corrected chi connectivity index (χ0v) is 10.8. The van der Waals surface area contributed by atoms with E-state index in [4.69, 9.17) is 0 Å². The highest BCUT2D eigenvalue weighted by atomic mass is 19.3. The Morgan fingerprint density at radius 3 is 2.47 bits per heavy atom. The number of methoxy groups -OCH3 is 1. The van der Waals surface area contributed by atoms with Crippen molar-refractivity contribution in [1.82, 2.24) is 0 Å². The van der Waals surface area contributed by atoms with Crippen LogP contribution in [0.3, 0.4) is 0 Å². The van der Waals surface area contributed by atoms with Crippen molar-refractivity contribution >= 4 is 11.9 Å². The number of hydrogen-bond donors (Lipinski definition) is 0. The van der Waals surface area contributed by atoms with Gasteiger partial charge in [-0.05, 0) is 25.5 Å². The number of halogens is 2. The maximum absolute atomic E-state index is 13.8. The third kappa shape index (κ3) is 3.07. The van der Waals surface area contributed by atoms with Crippen molar-refractivity contribution in [2.24, 2.45) is 0 Å². The van der Waals surface area contributed by atoms with Crippen LogP contribution >= 0.6 is 0 Å². The summed E-state index contributed by atoms with van der Waals surface area (Å²) in [6.07, 6.45) is 0. The second-order valence-electron chi connectivity index (χ2n) is 3.82. The summed E-state index contributed by atoms with van der Waals surface area (Å²) < 4.78 is 36.4. The van der Waals surface area contributed by atoms with Crippen LogP contribution in [0.5, 0.6) is 0 Å². The van der Waals surface area contributed by atoms with E-state index < -0.39 is 23.4 Å². The average Bonchev–Trinajstić information content (AvgIpc) is 2.38. The van der Waals surface area contributed by atoms with Gasteiger partial charge < -0.3 is 9.47 Å². The topological polar surface area (TPSA) is 52.6 Å². The number of esters is 2. The van der Waals surface area contributed by atoms with Crippen molar-refractivity contribution in [3.05, 3.63) is 34.9 Å². The van der Waals surface area contributed by atoms with Crippen molar-refractivity contribution in [1.29, 1.82) is 0 Å². The molecule has 0 aliphatic heterocycles. The Labute approximate surface area is 109 Å². The fourth-order valence-electron chi connectivity index (χ4n) is 1.49. The minimum atomic E-state index is -3.80. The predicted octanol–water partition coefficient (Wildman–Crippen LogP) is 2.44. The molecule has 1 rings (SSSR count). The van der Waals surface area contributed by atoms with E-state index in [0.29, 0.717) is 5.56 Å². The second-order valence-corrected chi connectivity index (χ2v) is 3.82. The third-order valence-corrected chi connectivity index (χ3v) is 2.54. The van der Waals surface area contributed by atoms with Gasteiger partial charge in [-0.1, -0.05) is 12.1 Å². The van der Waals surface area contributed by atoms with E-state index in [2.05, 4.69) is 9.47 Å². The molecule has 1 aromatic carbocycles. The lowest BCUT2D eigenvalue weighted by Gasteiger charge is -2.16. The Hall–Kier alpha value is -1.98. The first kappa shape index (κ1) is 15.1. The van der Waals surface area contributed by atoms with Crippen molar-refractivity contribution in [3.8, 4) is 0 Å². The number of alkyl halides is 2. The predicted molar refractivity (Wildman–Crippen MR) is 63.0 cm³/mol. The summed E-state index contributed by atoms with van der Waals surface area (Å²) in [6.45, 7) is 2.87. The highest BCUT2D eigenvalue weighted by Crippen LogP contribution is 2.31. The molecule has 0 amide bonds. The number of hydrogen-bond acceptors (Lipinski definition) is 4. The van der Waals surface area contributed by atoms with Crippen LogP contribution in [0.4, 0.5) is 8.78 Å². The molecule has 19 heavy (non-hydrogen) atoms. The molecule has 0 atom stereocenters. The van der Waals surface area contributed by atoms with Gasteiger partial charge in [0, 0.05) is 5.56 Å². The molecular weight excluding hydrogens is 258 g/mol. The third-order valence-electron chi connectivity index (χ3n) is 2.54. The van der Waals surface area contributed by atoms with E-state index in [1.54, 1.807) is 6.92 Å². The van der Waals surface area contributed by atoms with E-state index in [9.17, 15) is 18.4 Å². The van der Waals surface area contributed by atoms with Gasteiger partial charge in [-0.15, -0.1) is 0 Å². The van der Waals surface area contributed by atoms with Crippen molar-refractivity contribution < 1.29 is 27.8 Å². The molecule has 0 heterocycles. The van der Waals surface area contributed by atoms with E-state index in [-0.39, 0.29) is 12.2 Å². The zero-order valence-electron chi connectivity index (χ0n) is 10.8. The van der Waals surface area contributed by atoms with Crippen LogP contribution in [0.25, 0.3) is 0 Å². The smallest absolute Gasteiger partial charge is 0.381 e. The van der Waals surface area contributed by atoms with Crippen LogP contribution in [0, 0.1) is 6.92 Å². The summed E-state index contributed by atoms with van der Waals surface area (Å²) in [4.78, 5) is 22.6. The number of rotatable bonds is 4. The molecule has 0 saturated carbocycles. The molecule has 0 N–H and O–H groups in total. The molecular formula is C13H14F2O4. The fraction of sp³-hybridized carbons (Fsp3) is 0.385. The lowest BCUT2D eigenvalue weighted by Crippen LogP contribution is -2.28. The van der Waals surface area contributed by atoms with Crippen molar-refractivity contribution in [3.63, 3.8) is 0 Å². The minimum Gasteiger partial charge on any atom is -0.465 e. The largest absolute Gasteiger partial charge is 0.465 e. The lowest BCUT2D eigenvalue weighted by molar-refractivity contribution is -0.173. The summed E-state index contributed by atoms with van der Waals surface area (Å²) >= 11 is 0. The highest BCUT2D eigenvalue weighted by Gasteiger charge is 2.43. The Balaban J connectivity index is 3.21. The molecule has 0 aromatic heterocycles. The average molecular weight is 272 g/mol. The van der Waals surface area contributed by atoms with Gasteiger partial charge >= 0.3 is 17.9 Å². The van der Waals surface area contributed by atoms with E-state index in [0.717, 1.165) is 19.2 Å². The summed E-state index contributed by atoms with van der Waals surface area (Å²) in [7, 11) is 1.15. The van der Waals surface area contributed by atoms with Crippen molar-refractivity contribution in [2.75, 3.05) is 13.7 Å². The highest BCUT2D eigenvalue weighted by molar-refractivity contribution is 5.91. The van der Waals surface area contributed by atoms with Gasteiger partial charge in [0.2, 0.25) is 0 Å². The molecule has 4 nitrogen and oxygen atoms in total. The molecule has 0 unspecified atom stereocenters. The van der Waals surface area contributed by atoms with Gasteiger partial charge in [0.15, 0.2) is 0 Å².